The molecule has 3 N–H and O–H groups in total. The van der Waals surface area contributed by atoms with Crippen LogP contribution in [0.3, 0.4) is 0 Å². The molecule has 0 spiro atoms. The summed E-state index contributed by atoms with van der Waals surface area (Å²) in [5, 5.41) is 4.64. The summed E-state index contributed by atoms with van der Waals surface area (Å²) in [6, 6.07) is 6.10. The minimum atomic E-state index is -4.51. The van der Waals surface area contributed by atoms with Gasteiger partial charge in [-0.1, -0.05) is 6.07 Å². The molecular weight excluding hydrogens is 467 g/mol. The second-order valence-corrected chi connectivity index (χ2v) is 8.94. The van der Waals surface area contributed by atoms with Crippen LogP contribution in [0.25, 0.3) is 11.4 Å². The van der Waals surface area contributed by atoms with Gasteiger partial charge in [0.05, 0.1) is 36.2 Å². The summed E-state index contributed by atoms with van der Waals surface area (Å²) in [5.74, 6) is -0.0699. The van der Waals surface area contributed by atoms with Crippen molar-refractivity contribution in [3.63, 3.8) is 0 Å². The van der Waals surface area contributed by atoms with Crippen LogP contribution < -0.4 is 20.7 Å². The molecule has 7 nitrogen and oxygen atoms in total. The number of aromatic nitrogens is 2. The lowest BCUT2D eigenvalue weighted by Crippen LogP contribution is -2.47. The van der Waals surface area contributed by atoms with Crippen molar-refractivity contribution in [1.29, 1.82) is 0 Å². The number of halogens is 3. The summed E-state index contributed by atoms with van der Waals surface area (Å²) < 4.78 is 46.9. The minimum Gasteiger partial charge on any atom is -0.495 e. The fourth-order valence-corrected chi connectivity index (χ4v) is 4.76. The Balaban J connectivity index is 1.54. The molecule has 3 aromatic rings. The van der Waals surface area contributed by atoms with Gasteiger partial charge in [0.2, 0.25) is 5.91 Å². The van der Waals surface area contributed by atoms with Gasteiger partial charge in [-0.2, -0.15) is 13.2 Å². The number of aryl methyl sites for hydroxylation is 2. The molecule has 0 aliphatic carbocycles. The molecule has 0 saturated heterocycles. The van der Waals surface area contributed by atoms with E-state index < -0.39 is 24.7 Å². The lowest BCUT2D eigenvalue weighted by atomic mass is 10.1. The first-order valence-corrected chi connectivity index (χ1v) is 11.4. The molecular formula is C23H24F3N5O2S. The molecule has 1 atom stereocenters. The number of thiophene rings is 1. The van der Waals surface area contributed by atoms with Crippen LogP contribution in [-0.4, -0.2) is 41.3 Å². The van der Waals surface area contributed by atoms with Crippen molar-refractivity contribution in [2.24, 2.45) is 5.73 Å². The number of imidazole rings is 1. The number of anilines is 1. The topological polar surface area (TPSA) is 85.4 Å². The van der Waals surface area contributed by atoms with Crippen LogP contribution in [0.5, 0.6) is 5.75 Å². The molecule has 2 aromatic heterocycles. The van der Waals surface area contributed by atoms with E-state index in [0.717, 1.165) is 21.2 Å². The Morgan fingerprint density at radius 2 is 2.15 bits per heavy atom. The Morgan fingerprint density at radius 3 is 2.82 bits per heavy atom. The van der Waals surface area contributed by atoms with Gasteiger partial charge in [-0.15, -0.1) is 11.3 Å². The van der Waals surface area contributed by atoms with Crippen LogP contribution in [0.1, 0.15) is 22.6 Å². The highest BCUT2D eigenvalue weighted by Gasteiger charge is 2.38. The number of nitrogens with two attached hydrogens (primary N) is 1. The maximum absolute atomic E-state index is 13.2. The molecule has 0 unspecified atom stereocenters. The van der Waals surface area contributed by atoms with Gasteiger partial charge in [-0.25, -0.2) is 4.98 Å². The number of nitrogens with one attached hydrogen (secondary N) is 1. The quantitative estimate of drug-likeness (QED) is 0.544. The van der Waals surface area contributed by atoms with E-state index >= 15 is 0 Å². The number of hydrogen-bond acceptors (Lipinski definition) is 6. The fraction of sp³-hybridized carbons (Fsp3) is 0.304. The third-order valence-electron chi connectivity index (χ3n) is 5.52. The van der Waals surface area contributed by atoms with Crippen molar-refractivity contribution in [3.05, 3.63) is 64.5 Å². The predicted octanol–water partition coefficient (Wildman–Crippen LogP) is 4.01. The Hall–Kier alpha value is -3.47. The summed E-state index contributed by atoms with van der Waals surface area (Å²) >= 11 is 1.35. The van der Waals surface area contributed by atoms with Crippen LogP contribution in [0.4, 0.5) is 18.9 Å². The van der Waals surface area contributed by atoms with Gasteiger partial charge < -0.3 is 25.3 Å². The normalized spacial score (nSPS) is 16.9. The van der Waals surface area contributed by atoms with Crippen molar-refractivity contribution >= 4 is 28.6 Å². The highest BCUT2D eigenvalue weighted by molar-refractivity contribution is 7.10. The summed E-state index contributed by atoms with van der Waals surface area (Å²) in [7, 11) is 1.54. The van der Waals surface area contributed by atoms with Gasteiger partial charge in [-0.05, 0) is 43.3 Å². The predicted molar refractivity (Wildman–Crippen MR) is 125 cm³/mol. The van der Waals surface area contributed by atoms with Crippen molar-refractivity contribution in [1.82, 2.24) is 14.9 Å². The molecule has 1 aliphatic heterocycles. The van der Waals surface area contributed by atoms with Crippen molar-refractivity contribution in [2.45, 2.75) is 32.0 Å². The van der Waals surface area contributed by atoms with Crippen LogP contribution in [0.15, 0.2) is 48.4 Å². The molecule has 4 rings (SSSR count). The fourth-order valence-electron chi connectivity index (χ4n) is 3.86. The van der Waals surface area contributed by atoms with Gasteiger partial charge in [0.25, 0.3) is 0 Å². The zero-order valence-corrected chi connectivity index (χ0v) is 19.4. The first-order chi connectivity index (χ1) is 16.2. The number of rotatable bonds is 6. The molecule has 34 heavy (non-hydrogen) atoms. The standard InChI is InChI=1S/C23H24F3N5O2S/c1-14-11-30(13-29-14)18-5-3-15(9-20(18)33-2)16(27)10-28-17-4-6-21-19(7-8-34-21)31(22(17)32)12-23(24,25)26/h3,5,7-11,13,17,28H,4,6,12,27H2,1-2H3/b16-10-/t17-/m0/s1. The monoisotopic (exact) mass is 491 g/mol. The zero-order valence-electron chi connectivity index (χ0n) is 18.6. The number of nitrogens with zero attached hydrogens (tertiary/aromatic N) is 3. The first kappa shape index (κ1) is 23.7. The van der Waals surface area contributed by atoms with Crippen molar-refractivity contribution in [2.75, 3.05) is 18.6 Å². The number of carbonyl (C=O) groups excluding carboxylic acids is 1. The molecule has 11 heteroatoms. The lowest BCUT2D eigenvalue weighted by molar-refractivity contribution is -0.133. The van der Waals surface area contributed by atoms with E-state index in [1.54, 1.807) is 37.0 Å². The number of fused-ring (bicyclic) bond motifs is 1. The smallest absolute Gasteiger partial charge is 0.406 e. The Kier molecular flexibility index (Phi) is 6.56. The average Bonchev–Trinajstić information content (AvgIpc) is 3.42. The number of amides is 1. The van der Waals surface area contributed by atoms with Crippen LogP contribution in [-0.2, 0) is 11.2 Å². The molecule has 0 saturated carbocycles. The van der Waals surface area contributed by atoms with Gasteiger partial charge >= 0.3 is 6.18 Å². The van der Waals surface area contributed by atoms with Gasteiger partial charge in [0, 0.05) is 22.8 Å². The summed E-state index contributed by atoms with van der Waals surface area (Å²) in [4.78, 5) is 18.8. The van der Waals surface area contributed by atoms with E-state index in [1.165, 1.54) is 17.5 Å². The molecule has 0 radical (unpaired) electrons. The number of carbonyl (C=O) groups is 1. The van der Waals surface area contributed by atoms with Crippen molar-refractivity contribution in [3.8, 4) is 11.4 Å². The van der Waals surface area contributed by atoms with E-state index in [-0.39, 0.29) is 0 Å². The highest BCUT2D eigenvalue weighted by Crippen LogP contribution is 2.34. The van der Waals surface area contributed by atoms with E-state index in [0.29, 0.717) is 35.5 Å². The number of ether oxygens (including phenoxy) is 1. The maximum atomic E-state index is 13.2. The maximum Gasteiger partial charge on any atom is 0.406 e. The molecule has 0 bridgehead atoms. The van der Waals surface area contributed by atoms with E-state index in [9.17, 15) is 18.0 Å². The molecule has 1 aromatic carbocycles. The van der Waals surface area contributed by atoms with E-state index in [2.05, 4.69) is 10.3 Å². The van der Waals surface area contributed by atoms with Gasteiger partial charge in [-0.3, -0.25) is 4.79 Å². The highest BCUT2D eigenvalue weighted by atomic mass is 32.1. The number of methoxy groups -OCH3 is 1. The third kappa shape index (κ3) is 5.04. The molecule has 3 heterocycles. The molecule has 180 valence electrons. The second kappa shape index (κ2) is 9.41. The summed E-state index contributed by atoms with van der Waals surface area (Å²) in [5.41, 5.74) is 9.15. The van der Waals surface area contributed by atoms with Crippen LogP contribution in [0, 0.1) is 6.92 Å². The second-order valence-electron chi connectivity index (χ2n) is 7.94. The largest absolute Gasteiger partial charge is 0.495 e. The average molecular weight is 492 g/mol. The van der Waals surface area contributed by atoms with Crippen LogP contribution >= 0.6 is 11.3 Å². The minimum absolute atomic E-state index is 0.320. The third-order valence-corrected chi connectivity index (χ3v) is 6.49. The Morgan fingerprint density at radius 1 is 1.35 bits per heavy atom. The lowest BCUT2D eigenvalue weighted by Gasteiger charge is -2.26. The Bertz CT molecular complexity index is 1220. The van der Waals surface area contributed by atoms with Gasteiger partial charge in [0.15, 0.2) is 0 Å². The molecule has 1 amide bonds. The molecule has 0 fully saturated rings. The number of alkyl halides is 3. The number of benzene rings is 1. The summed E-state index contributed by atoms with van der Waals surface area (Å²) in [6.07, 6.45) is 1.34. The Labute approximate surface area is 198 Å². The van der Waals surface area contributed by atoms with Gasteiger partial charge in [0.1, 0.15) is 18.3 Å². The molecule has 1 aliphatic rings. The SMILES string of the molecule is COc1cc(/C(N)=C/N[C@H]2CCc3sccc3N(CC(F)(F)F)C2=O)ccc1-n1cnc(C)c1. The summed E-state index contributed by atoms with van der Waals surface area (Å²) in [6.45, 7) is 0.548. The van der Waals surface area contributed by atoms with Crippen LogP contribution in [0.2, 0.25) is 0 Å². The van der Waals surface area contributed by atoms with E-state index in [1.807, 2.05) is 23.8 Å². The first-order valence-electron chi connectivity index (χ1n) is 10.5. The number of hydrogen-bond donors (Lipinski definition) is 2. The van der Waals surface area contributed by atoms with Crippen molar-refractivity contribution < 1.29 is 22.7 Å². The zero-order chi connectivity index (χ0) is 24.5. The van der Waals surface area contributed by atoms with E-state index in [4.69, 9.17) is 10.5 Å².